The molecule has 1 N–H and O–H groups in total. The van der Waals surface area contributed by atoms with E-state index in [1.54, 1.807) is 12.3 Å². The summed E-state index contributed by atoms with van der Waals surface area (Å²) in [5.41, 5.74) is 3.90. The van der Waals surface area contributed by atoms with Crippen molar-refractivity contribution in [3.63, 3.8) is 0 Å². The highest BCUT2D eigenvalue weighted by Gasteiger charge is 2.19. The fourth-order valence-corrected chi connectivity index (χ4v) is 4.26. The molecule has 0 bridgehead atoms. The van der Waals surface area contributed by atoms with E-state index in [9.17, 15) is 8.42 Å². The lowest BCUT2D eigenvalue weighted by atomic mass is 10.0. The first-order valence-electron chi connectivity index (χ1n) is 9.19. The fourth-order valence-electron chi connectivity index (χ4n) is 3.50. The molecule has 1 fully saturated rings. The van der Waals surface area contributed by atoms with Crippen molar-refractivity contribution >= 4 is 43.9 Å². The summed E-state index contributed by atoms with van der Waals surface area (Å²) < 4.78 is 31.3. The number of sulfonamides is 1. The zero-order valence-corrected chi connectivity index (χ0v) is 17.7. The van der Waals surface area contributed by atoms with Crippen molar-refractivity contribution in [3.8, 4) is 11.1 Å². The first kappa shape index (κ1) is 19.9. The smallest absolute Gasteiger partial charge is 0.229 e. The van der Waals surface area contributed by atoms with Crippen molar-refractivity contribution in [1.82, 2.24) is 9.97 Å². The predicted molar refractivity (Wildman–Crippen MR) is 116 cm³/mol. The van der Waals surface area contributed by atoms with E-state index >= 15 is 0 Å². The Morgan fingerprint density at radius 3 is 2.79 bits per heavy atom. The molecule has 1 atom stereocenters. The summed E-state index contributed by atoms with van der Waals surface area (Å²) >= 11 is 6.06. The third-order valence-electron chi connectivity index (χ3n) is 4.77. The molecule has 1 aromatic carbocycles. The van der Waals surface area contributed by atoms with Gasteiger partial charge in [0.15, 0.2) is 5.15 Å². The van der Waals surface area contributed by atoms with Crippen LogP contribution in [-0.4, -0.2) is 50.4 Å². The number of rotatable bonds is 4. The van der Waals surface area contributed by atoms with Gasteiger partial charge in [-0.1, -0.05) is 17.7 Å². The van der Waals surface area contributed by atoms with Crippen LogP contribution >= 0.6 is 11.6 Å². The molecule has 7 nitrogen and oxygen atoms in total. The van der Waals surface area contributed by atoms with Gasteiger partial charge < -0.3 is 9.64 Å². The number of benzene rings is 1. The number of fused-ring (bicyclic) bond motifs is 1. The monoisotopic (exact) mass is 432 g/mol. The Balaban J connectivity index is 1.78. The standard InChI is InChI=1S/C20H21ClN4O3S/c1-13-12-25(7-8-28-13)19-5-6-22-17-4-3-14(9-16(17)19)15-10-18(20(21)23-11-15)24-29(2,26)27/h3-6,9-11,13,24H,7-8,12H2,1-2H3. The quantitative estimate of drug-likeness (QED) is 0.634. The summed E-state index contributed by atoms with van der Waals surface area (Å²) in [5, 5.41) is 1.12. The fraction of sp³-hybridized carbons (Fsp3) is 0.300. The number of nitrogens with zero attached hydrogens (tertiary/aromatic N) is 3. The molecule has 0 spiro atoms. The Morgan fingerprint density at radius 2 is 2.03 bits per heavy atom. The van der Waals surface area contributed by atoms with Crippen molar-refractivity contribution in [2.24, 2.45) is 0 Å². The SMILES string of the molecule is CC1CN(c2ccnc3ccc(-c4cnc(Cl)c(NS(C)(=O)=O)c4)cc23)CCO1. The van der Waals surface area contributed by atoms with E-state index in [1.165, 1.54) is 0 Å². The minimum atomic E-state index is -3.46. The van der Waals surface area contributed by atoms with Crippen LogP contribution in [0.4, 0.5) is 11.4 Å². The molecule has 29 heavy (non-hydrogen) atoms. The van der Waals surface area contributed by atoms with Gasteiger partial charge >= 0.3 is 0 Å². The minimum absolute atomic E-state index is 0.102. The highest BCUT2D eigenvalue weighted by Crippen LogP contribution is 2.33. The molecular formula is C20H21ClN4O3S. The summed E-state index contributed by atoms with van der Waals surface area (Å²) in [6, 6.07) is 9.64. The van der Waals surface area contributed by atoms with Crippen molar-refractivity contribution in [2.45, 2.75) is 13.0 Å². The van der Waals surface area contributed by atoms with E-state index in [1.807, 2.05) is 30.5 Å². The van der Waals surface area contributed by atoms with E-state index in [-0.39, 0.29) is 16.9 Å². The average molecular weight is 433 g/mol. The van der Waals surface area contributed by atoms with Crippen molar-refractivity contribution in [2.75, 3.05) is 35.6 Å². The predicted octanol–water partition coefficient (Wildman–Crippen LogP) is 3.55. The second-order valence-corrected chi connectivity index (χ2v) is 9.23. The maximum atomic E-state index is 11.6. The zero-order valence-electron chi connectivity index (χ0n) is 16.1. The lowest BCUT2D eigenvalue weighted by Crippen LogP contribution is -2.41. The Kier molecular flexibility index (Phi) is 5.33. The van der Waals surface area contributed by atoms with Crippen molar-refractivity contribution in [1.29, 1.82) is 0 Å². The van der Waals surface area contributed by atoms with Crippen molar-refractivity contribution in [3.05, 3.63) is 47.9 Å². The summed E-state index contributed by atoms with van der Waals surface area (Å²) in [7, 11) is -3.46. The average Bonchev–Trinajstić information content (AvgIpc) is 2.68. The Morgan fingerprint density at radius 1 is 1.21 bits per heavy atom. The molecule has 3 aromatic rings. The number of aromatic nitrogens is 2. The van der Waals surface area contributed by atoms with Gasteiger partial charge in [-0.05, 0) is 36.8 Å². The lowest BCUT2D eigenvalue weighted by Gasteiger charge is -2.33. The Hall–Kier alpha value is -2.42. The Labute approximate surface area is 174 Å². The molecule has 1 aliphatic heterocycles. The molecule has 0 aliphatic carbocycles. The summed E-state index contributed by atoms with van der Waals surface area (Å²) in [5.74, 6) is 0. The van der Waals surface area contributed by atoms with Crippen LogP contribution in [0, 0.1) is 0 Å². The van der Waals surface area contributed by atoms with Gasteiger partial charge in [0.05, 0.1) is 30.2 Å². The molecule has 3 heterocycles. The second-order valence-electron chi connectivity index (χ2n) is 7.13. The van der Waals surface area contributed by atoms with E-state index in [0.29, 0.717) is 6.61 Å². The van der Waals surface area contributed by atoms with Crippen LogP contribution in [0.25, 0.3) is 22.0 Å². The third-order valence-corrected chi connectivity index (χ3v) is 5.66. The molecule has 1 aliphatic rings. The number of ether oxygens (including phenoxy) is 1. The van der Waals surface area contributed by atoms with Gasteiger partial charge in [-0.25, -0.2) is 13.4 Å². The summed E-state index contributed by atoms with van der Waals surface area (Å²) in [4.78, 5) is 10.9. The number of hydrogen-bond acceptors (Lipinski definition) is 6. The maximum Gasteiger partial charge on any atom is 0.229 e. The topological polar surface area (TPSA) is 84.4 Å². The van der Waals surface area contributed by atoms with Crippen LogP contribution in [0.5, 0.6) is 0 Å². The van der Waals surface area contributed by atoms with Gasteiger partial charge in [-0.2, -0.15) is 0 Å². The first-order chi connectivity index (χ1) is 13.8. The van der Waals surface area contributed by atoms with Gasteiger partial charge in [0, 0.05) is 42.1 Å². The minimum Gasteiger partial charge on any atom is -0.375 e. The molecule has 4 rings (SSSR count). The number of nitrogens with one attached hydrogen (secondary N) is 1. The van der Waals surface area contributed by atoms with Gasteiger partial charge in [-0.15, -0.1) is 0 Å². The van der Waals surface area contributed by atoms with Gasteiger partial charge in [0.25, 0.3) is 0 Å². The van der Waals surface area contributed by atoms with E-state index in [2.05, 4.69) is 26.5 Å². The second kappa shape index (κ2) is 7.78. The van der Waals surface area contributed by atoms with Gasteiger partial charge in [0.2, 0.25) is 10.0 Å². The highest BCUT2D eigenvalue weighted by atomic mass is 35.5. The molecule has 0 radical (unpaired) electrons. The van der Waals surface area contributed by atoms with E-state index < -0.39 is 10.0 Å². The van der Waals surface area contributed by atoms with E-state index in [0.717, 1.165) is 47.1 Å². The molecule has 2 aromatic heterocycles. The Bertz CT molecular complexity index is 1170. The molecule has 152 valence electrons. The normalized spacial score (nSPS) is 17.5. The van der Waals surface area contributed by atoms with Gasteiger partial charge in [-0.3, -0.25) is 9.71 Å². The van der Waals surface area contributed by atoms with E-state index in [4.69, 9.17) is 16.3 Å². The number of morpholine rings is 1. The third kappa shape index (κ3) is 4.44. The van der Waals surface area contributed by atoms with Crippen molar-refractivity contribution < 1.29 is 13.2 Å². The van der Waals surface area contributed by atoms with Crippen LogP contribution in [0.3, 0.4) is 0 Å². The van der Waals surface area contributed by atoms with Gasteiger partial charge in [0.1, 0.15) is 0 Å². The van der Waals surface area contributed by atoms with Crippen LogP contribution in [-0.2, 0) is 14.8 Å². The first-order valence-corrected chi connectivity index (χ1v) is 11.5. The number of anilines is 2. The maximum absolute atomic E-state index is 11.6. The summed E-state index contributed by atoms with van der Waals surface area (Å²) in [6.45, 7) is 4.38. The molecular weight excluding hydrogens is 412 g/mol. The molecule has 0 amide bonds. The summed E-state index contributed by atoms with van der Waals surface area (Å²) in [6.07, 6.45) is 4.69. The molecule has 1 unspecified atom stereocenters. The molecule has 1 saturated heterocycles. The number of pyridine rings is 2. The van der Waals surface area contributed by atoms with Crippen LogP contribution in [0.15, 0.2) is 42.7 Å². The largest absolute Gasteiger partial charge is 0.375 e. The molecule has 0 saturated carbocycles. The van der Waals surface area contributed by atoms with Crippen LogP contribution in [0.2, 0.25) is 5.15 Å². The molecule has 9 heteroatoms. The van der Waals surface area contributed by atoms with Crippen LogP contribution in [0.1, 0.15) is 6.92 Å². The number of halogens is 1. The lowest BCUT2D eigenvalue weighted by molar-refractivity contribution is 0.0533. The zero-order chi connectivity index (χ0) is 20.6. The highest BCUT2D eigenvalue weighted by molar-refractivity contribution is 7.92. The number of hydrogen-bond donors (Lipinski definition) is 1. The van der Waals surface area contributed by atoms with Crippen LogP contribution < -0.4 is 9.62 Å².